The fourth-order valence-corrected chi connectivity index (χ4v) is 3.84. The molecule has 8 nitrogen and oxygen atoms in total. The topological polar surface area (TPSA) is 108 Å². The number of nitrogens with one attached hydrogen (secondary N) is 3. The van der Waals surface area contributed by atoms with Gasteiger partial charge in [0.05, 0.1) is 6.54 Å². The second kappa shape index (κ2) is 8.41. The van der Waals surface area contributed by atoms with Gasteiger partial charge in [0.15, 0.2) is 0 Å². The molecule has 1 heterocycles. The first-order chi connectivity index (χ1) is 13.4. The van der Waals surface area contributed by atoms with Gasteiger partial charge in [0.2, 0.25) is 11.8 Å². The number of aryl methyl sites for hydroxylation is 1. The number of rotatable bonds is 6. The summed E-state index contributed by atoms with van der Waals surface area (Å²) in [5, 5.41) is 8.00. The molecule has 0 bridgehead atoms. The van der Waals surface area contributed by atoms with Crippen molar-refractivity contribution in [2.75, 3.05) is 18.4 Å². The van der Waals surface area contributed by atoms with Gasteiger partial charge in [0.25, 0.3) is 5.91 Å². The SMILES string of the molecule is CCc1ccccc1NC(=O)CNC(=O)CN1C(=O)NC2(CCCCC2)C1=O. The lowest BCUT2D eigenvalue weighted by atomic mass is 9.82. The molecule has 1 aromatic carbocycles. The Morgan fingerprint density at radius 1 is 1.11 bits per heavy atom. The Morgan fingerprint density at radius 3 is 2.54 bits per heavy atom. The number of carbonyl (C=O) groups is 4. The van der Waals surface area contributed by atoms with Crippen molar-refractivity contribution in [2.45, 2.75) is 51.0 Å². The van der Waals surface area contributed by atoms with Gasteiger partial charge in [-0.3, -0.25) is 19.3 Å². The van der Waals surface area contributed by atoms with Gasteiger partial charge in [-0.2, -0.15) is 0 Å². The number of hydrogen-bond donors (Lipinski definition) is 3. The Bertz CT molecular complexity index is 786. The zero-order valence-electron chi connectivity index (χ0n) is 16.0. The number of anilines is 1. The Hall–Kier alpha value is -2.90. The number of para-hydroxylation sites is 1. The molecule has 1 saturated heterocycles. The molecule has 150 valence electrons. The molecule has 1 aliphatic carbocycles. The van der Waals surface area contributed by atoms with Crippen molar-refractivity contribution in [3.63, 3.8) is 0 Å². The van der Waals surface area contributed by atoms with Crippen molar-refractivity contribution in [3.05, 3.63) is 29.8 Å². The molecule has 1 spiro atoms. The van der Waals surface area contributed by atoms with Crippen LogP contribution in [0.1, 0.15) is 44.6 Å². The van der Waals surface area contributed by atoms with Crippen molar-refractivity contribution < 1.29 is 19.2 Å². The van der Waals surface area contributed by atoms with Crippen LogP contribution in [-0.4, -0.2) is 47.3 Å². The maximum atomic E-state index is 12.7. The molecule has 1 aliphatic heterocycles. The molecule has 2 aliphatic rings. The summed E-state index contributed by atoms with van der Waals surface area (Å²) < 4.78 is 0. The van der Waals surface area contributed by atoms with Gasteiger partial charge in [-0.25, -0.2) is 4.79 Å². The highest BCUT2D eigenvalue weighted by molar-refractivity contribution is 6.09. The van der Waals surface area contributed by atoms with Crippen LogP contribution in [0, 0.1) is 0 Å². The van der Waals surface area contributed by atoms with E-state index in [1.165, 1.54) is 0 Å². The molecule has 0 unspecified atom stereocenters. The Balaban J connectivity index is 1.51. The fraction of sp³-hybridized carbons (Fsp3) is 0.500. The predicted octanol–water partition coefficient (Wildman–Crippen LogP) is 1.56. The van der Waals surface area contributed by atoms with Crippen LogP contribution in [0.5, 0.6) is 0 Å². The van der Waals surface area contributed by atoms with Gasteiger partial charge in [-0.05, 0) is 30.9 Å². The average Bonchev–Trinajstić information content (AvgIpc) is 2.91. The summed E-state index contributed by atoms with van der Waals surface area (Å²) in [6.45, 7) is 1.38. The van der Waals surface area contributed by atoms with E-state index in [1.54, 1.807) is 6.07 Å². The minimum atomic E-state index is -0.850. The van der Waals surface area contributed by atoms with E-state index in [0.29, 0.717) is 18.5 Å². The number of carbonyl (C=O) groups excluding carboxylic acids is 4. The molecule has 3 rings (SSSR count). The van der Waals surface area contributed by atoms with E-state index in [0.717, 1.165) is 36.1 Å². The van der Waals surface area contributed by atoms with Gasteiger partial charge < -0.3 is 16.0 Å². The third kappa shape index (κ3) is 4.16. The van der Waals surface area contributed by atoms with Crippen molar-refractivity contribution in [2.24, 2.45) is 0 Å². The lowest BCUT2D eigenvalue weighted by Gasteiger charge is -2.30. The first kappa shape index (κ1) is 19.9. The number of benzene rings is 1. The normalized spacial score (nSPS) is 18.1. The minimum absolute atomic E-state index is 0.230. The van der Waals surface area contributed by atoms with Crippen molar-refractivity contribution in [3.8, 4) is 0 Å². The summed E-state index contributed by atoms with van der Waals surface area (Å²) in [6.07, 6.45) is 4.79. The molecular weight excluding hydrogens is 360 g/mol. The molecular formula is C20H26N4O4. The number of urea groups is 1. The molecule has 8 heteroatoms. The van der Waals surface area contributed by atoms with E-state index in [4.69, 9.17) is 0 Å². The van der Waals surface area contributed by atoms with Crippen molar-refractivity contribution >= 4 is 29.4 Å². The molecule has 1 aromatic rings. The molecule has 2 fully saturated rings. The summed E-state index contributed by atoms with van der Waals surface area (Å²) in [6, 6.07) is 6.91. The largest absolute Gasteiger partial charge is 0.345 e. The van der Waals surface area contributed by atoms with Gasteiger partial charge >= 0.3 is 6.03 Å². The molecule has 0 radical (unpaired) electrons. The molecule has 0 aromatic heterocycles. The second-order valence-corrected chi connectivity index (χ2v) is 7.30. The molecule has 1 saturated carbocycles. The number of amides is 5. The minimum Gasteiger partial charge on any atom is -0.345 e. The Morgan fingerprint density at radius 2 is 1.82 bits per heavy atom. The van der Waals surface area contributed by atoms with Crippen LogP contribution >= 0.6 is 0 Å². The van der Waals surface area contributed by atoms with Crippen LogP contribution in [0.25, 0.3) is 0 Å². The molecule has 28 heavy (non-hydrogen) atoms. The van der Waals surface area contributed by atoms with Crippen molar-refractivity contribution in [1.29, 1.82) is 0 Å². The quantitative estimate of drug-likeness (QED) is 0.645. The molecule has 3 N–H and O–H groups in total. The van der Waals surface area contributed by atoms with E-state index >= 15 is 0 Å². The van der Waals surface area contributed by atoms with E-state index in [2.05, 4.69) is 16.0 Å². The summed E-state index contributed by atoms with van der Waals surface area (Å²) in [5.41, 5.74) is 0.855. The van der Waals surface area contributed by atoms with Crippen LogP contribution in [0.3, 0.4) is 0 Å². The first-order valence-electron chi connectivity index (χ1n) is 9.74. The zero-order chi connectivity index (χ0) is 20.1. The van der Waals surface area contributed by atoms with Crippen LogP contribution in [0.4, 0.5) is 10.5 Å². The van der Waals surface area contributed by atoms with Crippen molar-refractivity contribution in [1.82, 2.24) is 15.5 Å². The lowest BCUT2D eigenvalue weighted by molar-refractivity contribution is -0.136. The Kier molecular flexibility index (Phi) is 5.96. The molecule has 0 atom stereocenters. The monoisotopic (exact) mass is 386 g/mol. The fourth-order valence-electron chi connectivity index (χ4n) is 3.84. The third-order valence-electron chi connectivity index (χ3n) is 5.37. The standard InChI is InChI=1S/C20H26N4O4/c1-2-14-8-4-5-9-15(14)22-16(25)12-21-17(26)13-24-18(27)20(23-19(24)28)10-6-3-7-11-20/h4-5,8-9H,2-3,6-7,10-13H2,1H3,(H,21,26)(H,22,25)(H,23,28). The Labute approximate surface area is 164 Å². The van der Waals surface area contributed by atoms with Gasteiger partial charge in [-0.1, -0.05) is 44.4 Å². The van der Waals surface area contributed by atoms with Crippen LogP contribution in [0.2, 0.25) is 0 Å². The highest BCUT2D eigenvalue weighted by Crippen LogP contribution is 2.33. The van der Waals surface area contributed by atoms with Gasteiger partial charge in [0, 0.05) is 5.69 Å². The van der Waals surface area contributed by atoms with E-state index in [9.17, 15) is 19.2 Å². The highest BCUT2D eigenvalue weighted by atomic mass is 16.2. The van der Waals surface area contributed by atoms with Crippen LogP contribution in [-0.2, 0) is 20.8 Å². The summed E-state index contributed by atoms with van der Waals surface area (Å²) in [4.78, 5) is 50.1. The highest BCUT2D eigenvalue weighted by Gasteiger charge is 2.51. The van der Waals surface area contributed by atoms with Gasteiger partial charge in [0.1, 0.15) is 12.1 Å². The molecule has 5 amide bonds. The lowest BCUT2D eigenvalue weighted by Crippen LogP contribution is -2.49. The van der Waals surface area contributed by atoms with E-state index in [-0.39, 0.29) is 24.9 Å². The average molecular weight is 386 g/mol. The van der Waals surface area contributed by atoms with Gasteiger partial charge in [-0.15, -0.1) is 0 Å². The maximum absolute atomic E-state index is 12.7. The second-order valence-electron chi connectivity index (χ2n) is 7.30. The summed E-state index contributed by atoms with van der Waals surface area (Å²) in [7, 11) is 0. The third-order valence-corrected chi connectivity index (χ3v) is 5.37. The number of hydrogen-bond acceptors (Lipinski definition) is 4. The predicted molar refractivity (Wildman–Crippen MR) is 104 cm³/mol. The zero-order valence-corrected chi connectivity index (χ0v) is 16.0. The summed E-state index contributed by atoms with van der Waals surface area (Å²) >= 11 is 0. The number of nitrogens with zero attached hydrogens (tertiary/aromatic N) is 1. The summed E-state index contributed by atoms with van der Waals surface area (Å²) in [5.74, 6) is -1.25. The first-order valence-corrected chi connectivity index (χ1v) is 9.74. The van der Waals surface area contributed by atoms with E-state index < -0.39 is 17.5 Å². The number of imide groups is 1. The maximum Gasteiger partial charge on any atom is 0.325 e. The van der Waals surface area contributed by atoms with Crippen LogP contribution < -0.4 is 16.0 Å². The smallest absolute Gasteiger partial charge is 0.325 e. The van der Waals surface area contributed by atoms with E-state index in [1.807, 2.05) is 25.1 Å². The van der Waals surface area contributed by atoms with Crippen LogP contribution in [0.15, 0.2) is 24.3 Å².